The van der Waals surface area contributed by atoms with Crippen LogP contribution in [0, 0.1) is 10.1 Å². The van der Waals surface area contributed by atoms with E-state index in [0.717, 1.165) is 11.3 Å². The molecule has 0 aliphatic heterocycles. The Labute approximate surface area is 154 Å². The van der Waals surface area contributed by atoms with Gasteiger partial charge in [0.15, 0.2) is 0 Å². The summed E-state index contributed by atoms with van der Waals surface area (Å²) >= 11 is 0. The second-order valence-corrected chi connectivity index (χ2v) is 5.71. The van der Waals surface area contributed by atoms with Crippen molar-refractivity contribution in [3.8, 4) is 17.1 Å². The number of carbonyl (C=O) groups is 1. The van der Waals surface area contributed by atoms with Crippen molar-refractivity contribution in [2.45, 2.75) is 6.54 Å². The van der Waals surface area contributed by atoms with E-state index in [1.54, 1.807) is 38.4 Å². The SMILES string of the molecule is COc1ccc(-c2noc(CN(C)C(=O)c3ccc([N+](=O)[O-])cc3)n2)cc1. The highest BCUT2D eigenvalue weighted by atomic mass is 16.6. The largest absolute Gasteiger partial charge is 0.497 e. The lowest BCUT2D eigenvalue weighted by atomic mass is 10.2. The predicted molar refractivity (Wildman–Crippen MR) is 95.2 cm³/mol. The number of ether oxygens (including phenoxy) is 1. The summed E-state index contributed by atoms with van der Waals surface area (Å²) in [7, 11) is 3.17. The first-order chi connectivity index (χ1) is 13.0. The average molecular weight is 368 g/mol. The lowest BCUT2D eigenvalue weighted by molar-refractivity contribution is -0.384. The number of benzene rings is 2. The van der Waals surface area contributed by atoms with E-state index in [1.807, 2.05) is 0 Å². The number of nitro groups is 1. The monoisotopic (exact) mass is 368 g/mol. The van der Waals surface area contributed by atoms with Crippen molar-refractivity contribution in [3.05, 3.63) is 70.1 Å². The van der Waals surface area contributed by atoms with Crippen LogP contribution < -0.4 is 4.74 Å². The lowest BCUT2D eigenvalue weighted by Gasteiger charge is -2.14. The first-order valence-corrected chi connectivity index (χ1v) is 7.95. The molecule has 1 amide bonds. The van der Waals surface area contributed by atoms with Crippen molar-refractivity contribution in [2.24, 2.45) is 0 Å². The summed E-state index contributed by atoms with van der Waals surface area (Å²) in [6, 6.07) is 12.6. The van der Waals surface area contributed by atoms with Gasteiger partial charge in [-0.2, -0.15) is 4.98 Å². The highest BCUT2D eigenvalue weighted by Crippen LogP contribution is 2.20. The first kappa shape index (κ1) is 18.1. The highest BCUT2D eigenvalue weighted by molar-refractivity contribution is 5.94. The van der Waals surface area contributed by atoms with Gasteiger partial charge in [-0.25, -0.2) is 0 Å². The quantitative estimate of drug-likeness (QED) is 0.486. The fourth-order valence-corrected chi connectivity index (χ4v) is 2.40. The van der Waals surface area contributed by atoms with E-state index in [4.69, 9.17) is 9.26 Å². The van der Waals surface area contributed by atoms with Crippen LogP contribution in [0.25, 0.3) is 11.4 Å². The molecule has 9 heteroatoms. The van der Waals surface area contributed by atoms with Crippen LogP contribution in [0.1, 0.15) is 16.2 Å². The molecule has 0 radical (unpaired) electrons. The van der Waals surface area contributed by atoms with Crippen molar-refractivity contribution in [1.82, 2.24) is 15.0 Å². The van der Waals surface area contributed by atoms with E-state index in [9.17, 15) is 14.9 Å². The number of aromatic nitrogens is 2. The molecule has 0 aliphatic rings. The number of non-ortho nitro benzene ring substituents is 1. The molecule has 3 rings (SSSR count). The van der Waals surface area contributed by atoms with Crippen LogP contribution in [0.3, 0.4) is 0 Å². The Kier molecular flexibility index (Phi) is 5.11. The summed E-state index contributed by atoms with van der Waals surface area (Å²) in [5.41, 5.74) is 1.02. The fraction of sp³-hybridized carbons (Fsp3) is 0.167. The maximum Gasteiger partial charge on any atom is 0.269 e. The van der Waals surface area contributed by atoms with Gasteiger partial charge in [-0.3, -0.25) is 14.9 Å². The smallest absolute Gasteiger partial charge is 0.269 e. The van der Waals surface area contributed by atoms with Crippen LogP contribution >= 0.6 is 0 Å². The standard InChI is InChI=1S/C18H16N4O5/c1-21(18(23)13-3-7-14(8-4-13)22(24)25)11-16-19-17(20-27-16)12-5-9-15(26-2)10-6-12/h3-10H,11H2,1-2H3. The van der Waals surface area contributed by atoms with Crippen LogP contribution in [0.15, 0.2) is 53.1 Å². The highest BCUT2D eigenvalue weighted by Gasteiger charge is 2.17. The lowest BCUT2D eigenvalue weighted by Crippen LogP contribution is -2.26. The summed E-state index contributed by atoms with van der Waals surface area (Å²) in [5.74, 6) is 1.09. The number of methoxy groups -OCH3 is 1. The first-order valence-electron chi connectivity index (χ1n) is 7.95. The molecular formula is C18H16N4O5. The molecule has 0 atom stereocenters. The number of nitro benzene ring substituents is 1. The van der Waals surface area contributed by atoms with Gasteiger partial charge in [-0.15, -0.1) is 0 Å². The molecule has 3 aromatic rings. The van der Waals surface area contributed by atoms with Gasteiger partial charge in [-0.05, 0) is 36.4 Å². The van der Waals surface area contributed by atoms with Gasteiger partial charge in [-0.1, -0.05) is 5.16 Å². The minimum absolute atomic E-state index is 0.0739. The number of rotatable bonds is 6. The molecule has 1 aromatic heterocycles. The van der Waals surface area contributed by atoms with Crippen molar-refractivity contribution in [2.75, 3.05) is 14.2 Å². The van der Waals surface area contributed by atoms with Crippen LogP contribution in [0.5, 0.6) is 5.75 Å². The Balaban J connectivity index is 1.68. The van der Waals surface area contributed by atoms with E-state index < -0.39 is 4.92 Å². The molecule has 0 unspecified atom stereocenters. The van der Waals surface area contributed by atoms with Crippen molar-refractivity contribution >= 4 is 11.6 Å². The Morgan fingerprint density at radius 2 is 1.85 bits per heavy atom. The van der Waals surface area contributed by atoms with Gasteiger partial charge in [0.25, 0.3) is 11.6 Å². The number of hydrogen-bond acceptors (Lipinski definition) is 7. The Morgan fingerprint density at radius 1 is 1.19 bits per heavy atom. The number of nitrogens with zero attached hydrogens (tertiary/aromatic N) is 4. The maximum absolute atomic E-state index is 12.4. The van der Waals surface area contributed by atoms with E-state index in [2.05, 4.69) is 10.1 Å². The van der Waals surface area contributed by atoms with Crippen LogP contribution in [-0.4, -0.2) is 40.0 Å². The molecule has 0 bridgehead atoms. The Morgan fingerprint density at radius 3 is 2.44 bits per heavy atom. The summed E-state index contributed by atoms with van der Waals surface area (Å²) in [4.78, 5) is 28.3. The molecule has 0 fully saturated rings. The second kappa shape index (κ2) is 7.65. The zero-order valence-corrected chi connectivity index (χ0v) is 14.7. The Bertz CT molecular complexity index is 951. The van der Waals surface area contributed by atoms with Crippen molar-refractivity contribution < 1.29 is 19.0 Å². The molecule has 1 heterocycles. The minimum atomic E-state index is -0.517. The fourth-order valence-electron chi connectivity index (χ4n) is 2.40. The third kappa shape index (κ3) is 4.09. The van der Waals surface area contributed by atoms with Gasteiger partial charge in [0, 0.05) is 30.3 Å². The summed E-state index contributed by atoms with van der Waals surface area (Å²) in [5, 5.41) is 14.6. The summed E-state index contributed by atoms with van der Waals surface area (Å²) in [6.45, 7) is 0.110. The van der Waals surface area contributed by atoms with E-state index >= 15 is 0 Å². The predicted octanol–water partition coefficient (Wildman–Crippen LogP) is 2.93. The molecule has 9 nitrogen and oxygen atoms in total. The van der Waals surface area contributed by atoms with E-state index in [1.165, 1.54) is 29.2 Å². The molecule has 0 saturated heterocycles. The van der Waals surface area contributed by atoms with Crippen LogP contribution in [-0.2, 0) is 6.54 Å². The van der Waals surface area contributed by atoms with E-state index in [0.29, 0.717) is 11.4 Å². The third-order valence-corrected chi connectivity index (χ3v) is 3.86. The van der Waals surface area contributed by atoms with Gasteiger partial charge in [0.2, 0.25) is 11.7 Å². The molecule has 27 heavy (non-hydrogen) atoms. The van der Waals surface area contributed by atoms with Gasteiger partial charge in [0.05, 0.1) is 18.6 Å². The van der Waals surface area contributed by atoms with Crippen molar-refractivity contribution in [3.63, 3.8) is 0 Å². The summed E-state index contributed by atoms with van der Waals surface area (Å²) in [6.07, 6.45) is 0. The molecule has 0 spiro atoms. The Hall–Kier alpha value is -3.75. The van der Waals surface area contributed by atoms with Gasteiger partial charge < -0.3 is 14.2 Å². The van der Waals surface area contributed by atoms with Gasteiger partial charge >= 0.3 is 0 Å². The molecule has 138 valence electrons. The topological polar surface area (TPSA) is 112 Å². The molecular weight excluding hydrogens is 352 g/mol. The number of hydrogen-bond donors (Lipinski definition) is 0. The number of carbonyl (C=O) groups excluding carboxylic acids is 1. The average Bonchev–Trinajstić information content (AvgIpc) is 3.16. The minimum Gasteiger partial charge on any atom is -0.497 e. The van der Waals surface area contributed by atoms with Gasteiger partial charge in [0.1, 0.15) is 5.75 Å². The normalized spacial score (nSPS) is 10.4. The van der Waals surface area contributed by atoms with E-state index in [-0.39, 0.29) is 24.0 Å². The van der Waals surface area contributed by atoms with Crippen LogP contribution in [0.2, 0.25) is 0 Å². The third-order valence-electron chi connectivity index (χ3n) is 3.86. The molecule has 0 aliphatic carbocycles. The maximum atomic E-state index is 12.4. The molecule has 0 N–H and O–H groups in total. The summed E-state index contributed by atoms with van der Waals surface area (Å²) < 4.78 is 10.3. The molecule has 0 saturated carbocycles. The second-order valence-electron chi connectivity index (χ2n) is 5.71. The number of amides is 1. The zero-order chi connectivity index (χ0) is 19.4. The molecule has 2 aromatic carbocycles. The zero-order valence-electron chi connectivity index (χ0n) is 14.7. The van der Waals surface area contributed by atoms with Crippen LogP contribution in [0.4, 0.5) is 5.69 Å². The van der Waals surface area contributed by atoms with Crippen molar-refractivity contribution in [1.29, 1.82) is 0 Å².